The quantitative estimate of drug-likeness (QED) is 0.656. The third kappa shape index (κ3) is 6.55. The lowest BCUT2D eigenvalue weighted by Crippen LogP contribution is -2.36. The van der Waals surface area contributed by atoms with Crippen molar-refractivity contribution in [2.24, 2.45) is 0 Å². The summed E-state index contributed by atoms with van der Waals surface area (Å²) < 4.78 is 0. The molecule has 0 aliphatic rings. The molecule has 0 radical (unpaired) electrons. The molecule has 2 rings (SSSR count). The molecular weight excluding hydrogens is 381 g/mol. The van der Waals surface area contributed by atoms with Crippen LogP contribution >= 0.6 is 23.2 Å². The van der Waals surface area contributed by atoms with Crippen LogP contribution in [0.4, 0.5) is 0 Å². The van der Waals surface area contributed by atoms with Crippen molar-refractivity contribution in [2.45, 2.75) is 19.4 Å². The monoisotopic (exact) mass is 403 g/mol. The SMILES string of the molecule is CN(C)CCN(Cc1ccc(C#N)cc1)C(=O)CCc1cccc(Cl)c1Cl. The largest absolute Gasteiger partial charge is 0.337 e. The smallest absolute Gasteiger partial charge is 0.223 e. The molecule has 1 amide bonds. The van der Waals surface area contributed by atoms with Gasteiger partial charge >= 0.3 is 0 Å². The summed E-state index contributed by atoms with van der Waals surface area (Å²) in [7, 11) is 3.96. The Hall–Kier alpha value is -2.06. The lowest BCUT2D eigenvalue weighted by Gasteiger charge is -2.25. The van der Waals surface area contributed by atoms with Crippen LogP contribution < -0.4 is 0 Å². The van der Waals surface area contributed by atoms with E-state index in [1.807, 2.05) is 48.2 Å². The average molecular weight is 404 g/mol. The van der Waals surface area contributed by atoms with Crippen LogP contribution in [0.15, 0.2) is 42.5 Å². The predicted molar refractivity (Wildman–Crippen MR) is 110 cm³/mol. The lowest BCUT2D eigenvalue weighted by molar-refractivity contribution is -0.131. The fourth-order valence-corrected chi connectivity index (χ4v) is 3.07. The molecule has 0 unspecified atom stereocenters. The predicted octanol–water partition coefficient (Wildman–Crippen LogP) is 4.39. The summed E-state index contributed by atoms with van der Waals surface area (Å²) in [6.45, 7) is 1.93. The van der Waals surface area contributed by atoms with Crippen LogP contribution in [0.5, 0.6) is 0 Å². The first kappa shape index (κ1) is 21.2. The van der Waals surface area contributed by atoms with Gasteiger partial charge in [-0.1, -0.05) is 47.5 Å². The van der Waals surface area contributed by atoms with Gasteiger partial charge in [0, 0.05) is 26.1 Å². The topological polar surface area (TPSA) is 47.3 Å². The molecule has 0 fully saturated rings. The van der Waals surface area contributed by atoms with E-state index in [1.54, 1.807) is 18.2 Å². The van der Waals surface area contributed by atoms with Gasteiger partial charge in [-0.3, -0.25) is 4.79 Å². The molecule has 0 heterocycles. The Bertz CT molecular complexity index is 813. The number of nitrogens with zero attached hydrogens (tertiary/aromatic N) is 3. The van der Waals surface area contributed by atoms with Crippen molar-refractivity contribution in [2.75, 3.05) is 27.2 Å². The molecule has 0 bridgehead atoms. The van der Waals surface area contributed by atoms with Gasteiger partial charge in [0.15, 0.2) is 0 Å². The molecule has 0 atom stereocenters. The highest BCUT2D eigenvalue weighted by atomic mass is 35.5. The Balaban J connectivity index is 2.05. The van der Waals surface area contributed by atoms with Crippen LogP contribution in [-0.4, -0.2) is 42.9 Å². The summed E-state index contributed by atoms with van der Waals surface area (Å²) in [6, 6.07) is 14.9. The van der Waals surface area contributed by atoms with E-state index in [0.717, 1.165) is 17.7 Å². The van der Waals surface area contributed by atoms with Gasteiger partial charge in [0.25, 0.3) is 0 Å². The van der Waals surface area contributed by atoms with Crippen LogP contribution in [0.3, 0.4) is 0 Å². The number of aryl methyl sites for hydroxylation is 1. The summed E-state index contributed by atoms with van der Waals surface area (Å²) in [4.78, 5) is 16.7. The Labute approximate surface area is 170 Å². The molecule has 0 spiro atoms. The van der Waals surface area contributed by atoms with Crippen molar-refractivity contribution in [3.05, 3.63) is 69.2 Å². The number of carbonyl (C=O) groups excluding carboxylic acids is 1. The molecule has 2 aromatic carbocycles. The summed E-state index contributed by atoms with van der Waals surface area (Å²) in [5.74, 6) is 0.0669. The highest BCUT2D eigenvalue weighted by Crippen LogP contribution is 2.26. The van der Waals surface area contributed by atoms with Crippen molar-refractivity contribution >= 4 is 29.1 Å². The van der Waals surface area contributed by atoms with Crippen LogP contribution in [0, 0.1) is 11.3 Å². The Morgan fingerprint density at radius 2 is 1.78 bits per heavy atom. The van der Waals surface area contributed by atoms with E-state index in [0.29, 0.717) is 41.5 Å². The summed E-state index contributed by atoms with van der Waals surface area (Å²) >= 11 is 12.3. The number of amides is 1. The van der Waals surface area contributed by atoms with E-state index in [4.69, 9.17) is 28.5 Å². The van der Waals surface area contributed by atoms with Gasteiger partial charge in [0.1, 0.15) is 0 Å². The second-order valence-corrected chi connectivity index (χ2v) is 7.43. The molecular formula is C21H23Cl2N3O. The number of halogens is 2. The molecule has 0 aromatic heterocycles. The van der Waals surface area contributed by atoms with E-state index in [1.165, 1.54) is 0 Å². The first-order chi connectivity index (χ1) is 12.9. The number of hydrogen-bond donors (Lipinski definition) is 0. The number of nitriles is 1. The van der Waals surface area contributed by atoms with Gasteiger partial charge in [0.2, 0.25) is 5.91 Å². The van der Waals surface area contributed by atoms with Gasteiger partial charge in [-0.15, -0.1) is 0 Å². The minimum absolute atomic E-state index is 0.0669. The summed E-state index contributed by atoms with van der Waals surface area (Å²) in [5.41, 5.74) is 2.49. The number of rotatable bonds is 8. The molecule has 142 valence electrons. The minimum atomic E-state index is 0.0669. The third-order valence-corrected chi connectivity index (χ3v) is 5.12. The van der Waals surface area contributed by atoms with E-state index < -0.39 is 0 Å². The zero-order valence-corrected chi connectivity index (χ0v) is 17.1. The Morgan fingerprint density at radius 1 is 1.07 bits per heavy atom. The highest BCUT2D eigenvalue weighted by molar-refractivity contribution is 6.42. The van der Waals surface area contributed by atoms with E-state index in [2.05, 4.69) is 6.07 Å². The number of likely N-dealkylation sites (N-methyl/N-ethyl adjacent to an activating group) is 1. The molecule has 0 aliphatic heterocycles. The van der Waals surface area contributed by atoms with Crippen LogP contribution in [-0.2, 0) is 17.8 Å². The highest BCUT2D eigenvalue weighted by Gasteiger charge is 2.15. The summed E-state index contributed by atoms with van der Waals surface area (Å²) in [5, 5.41) is 9.94. The van der Waals surface area contributed by atoms with E-state index in [9.17, 15) is 4.79 Å². The van der Waals surface area contributed by atoms with Crippen molar-refractivity contribution in [1.82, 2.24) is 9.80 Å². The van der Waals surface area contributed by atoms with Gasteiger partial charge in [-0.25, -0.2) is 0 Å². The minimum Gasteiger partial charge on any atom is -0.337 e. The molecule has 0 saturated carbocycles. The number of benzene rings is 2. The first-order valence-corrected chi connectivity index (χ1v) is 9.50. The van der Waals surface area contributed by atoms with Gasteiger partial charge in [0.05, 0.1) is 21.7 Å². The number of hydrogen-bond acceptors (Lipinski definition) is 3. The van der Waals surface area contributed by atoms with Crippen LogP contribution in [0.2, 0.25) is 10.0 Å². The number of carbonyl (C=O) groups is 1. The van der Waals surface area contributed by atoms with Crippen molar-refractivity contribution < 1.29 is 4.79 Å². The lowest BCUT2D eigenvalue weighted by atomic mass is 10.1. The fourth-order valence-electron chi connectivity index (χ4n) is 2.66. The average Bonchev–Trinajstić information content (AvgIpc) is 2.66. The molecule has 2 aromatic rings. The fraction of sp³-hybridized carbons (Fsp3) is 0.333. The van der Waals surface area contributed by atoms with E-state index >= 15 is 0 Å². The van der Waals surface area contributed by atoms with Crippen molar-refractivity contribution in [1.29, 1.82) is 5.26 Å². The molecule has 4 nitrogen and oxygen atoms in total. The zero-order chi connectivity index (χ0) is 19.8. The van der Waals surface area contributed by atoms with Gasteiger partial charge in [-0.2, -0.15) is 5.26 Å². The molecule has 0 N–H and O–H groups in total. The molecule has 0 saturated heterocycles. The summed E-state index contributed by atoms with van der Waals surface area (Å²) in [6.07, 6.45) is 0.911. The molecule has 6 heteroatoms. The van der Waals surface area contributed by atoms with Gasteiger partial charge in [-0.05, 0) is 49.8 Å². The zero-order valence-electron chi connectivity index (χ0n) is 15.6. The van der Waals surface area contributed by atoms with Crippen LogP contribution in [0.25, 0.3) is 0 Å². The second-order valence-electron chi connectivity index (χ2n) is 6.64. The normalized spacial score (nSPS) is 10.7. The van der Waals surface area contributed by atoms with Crippen LogP contribution in [0.1, 0.15) is 23.1 Å². The Morgan fingerprint density at radius 3 is 2.41 bits per heavy atom. The van der Waals surface area contributed by atoms with Crippen molar-refractivity contribution in [3.8, 4) is 6.07 Å². The third-order valence-electron chi connectivity index (χ3n) is 4.27. The maximum atomic E-state index is 12.8. The van der Waals surface area contributed by atoms with Gasteiger partial charge < -0.3 is 9.80 Å². The van der Waals surface area contributed by atoms with Crippen molar-refractivity contribution in [3.63, 3.8) is 0 Å². The molecule has 0 aliphatic carbocycles. The standard InChI is InChI=1S/C21H23Cl2N3O/c1-25(2)12-13-26(15-17-8-6-16(14-24)7-9-17)20(27)11-10-18-4-3-5-19(22)21(18)23/h3-9H,10-13,15H2,1-2H3. The maximum Gasteiger partial charge on any atom is 0.223 e. The Kier molecular flexibility index (Phi) is 8.12. The first-order valence-electron chi connectivity index (χ1n) is 8.75. The maximum absolute atomic E-state index is 12.8. The van der Waals surface area contributed by atoms with E-state index in [-0.39, 0.29) is 5.91 Å². The molecule has 27 heavy (non-hydrogen) atoms. The second kappa shape index (κ2) is 10.3.